The van der Waals surface area contributed by atoms with E-state index in [4.69, 9.17) is 0 Å². The first-order chi connectivity index (χ1) is 7.02. The van der Waals surface area contributed by atoms with Crippen molar-refractivity contribution in [1.29, 1.82) is 0 Å². The van der Waals surface area contributed by atoms with Crippen LogP contribution in [0.2, 0.25) is 0 Å². The number of benzene rings is 1. The Kier molecular flexibility index (Phi) is 2.59. The lowest BCUT2D eigenvalue weighted by atomic mass is 9.77. The Morgan fingerprint density at radius 1 is 1.53 bits per heavy atom. The normalized spacial score (nSPS) is 30.3. The molecule has 1 amide bonds. The van der Waals surface area contributed by atoms with Gasteiger partial charge in [-0.2, -0.15) is 0 Å². The number of carbonyl (C=O) groups excluding carboxylic acids is 1. The first-order valence-electron chi connectivity index (χ1n) is 5.08. The fourth-order valence-corrected chi connectivity index (χ4v) is 2.53. The van der Waals surface area contributed by atoms with Crippen LogP contribution in [-0.2, 0) is 10.2 Å². The third-order valence-electron chi connectivity index (χ3n) is 3.35. The maximum Gasteiger partial charge on any atom is 0.221 e. The van der Waals surface area contributed by atoms with Gasteiger partial charge in [0.1, 0.15) is 0 Å². The van der Waals surface area contributed by atoms with Crippen LogP contribution in [0, 0.1) is 0 Å². The average molecular weight is 268 g/mol. The SMILES string of the molecule is CC1NC(=O)CC1(C)c1cccc(Br)c1. The minimum Gasteiger partial charge on any atom is -0.353 e. The zero-order valence-electron chi connectivity index (χ0n) is 8.88. The quantitative estimate of drug-likeness (QED) is 0.833. The molecular weight excluding hydrogens is 254 g/mol. The van der Waals surface area contributed by atoms with Gasteiger partial charge in [0, 0.05) is 22.4 Å². The highest BCUT2D eigenvalue weighted by atomic mass is 79.9. The number of amides is 1. The van der Waals surface area contributed by atoms with Crippen LogP contribution in [0.4, 0.5) is 0 Å². The molecule has 15 heavy (non-hydrogen) atoms. The Hall–Kier alpha value is -0.830. The fraction of sp³-hybridized carbons (Fsp3) is 0.417. The summed E-state index contributed by atoms with van der Waals surface area (Å²) in [6.07, 6.45) is 0.574. The average Bonchev–Trinajstić information content (AvgIpc) is 2.42. The van der Waals surface area contributed by atoms with E-state index in [0.29, 0.717) is 6.42 Å². The molecule has 1 aliphatic heterocycles. The van der Waals surface area contributed by atoms with Crippen molar-refractivity contribution in [2.45, 2.75) is 31.7 Å². The molecule has 2 rings (SSSR count). The fourth-order valence-electron chi connectivity index (χ4n) is 2.13. The Morgan fingerprint density at radius 2 is 2.27 bits per heavy atom. The molecule has 1 saturated heterocycles. The summed E-state index contributed by atoms with van der Waals surface area (Å²) in [7, 11) is 0. The standard InChI is InChI=1S/C12H14BrNO/c1-8-12(2,7-11(15)14-8)9-4-3-5-10(13)6-9/h3-6,8H,7H2,1-2H3,(H,14,15). The van der Waals surface area contributed by atoms with Crippen molar-refractivity contribution in [2.75, 3.05) is 0 Å². The van der Waals surface area contributed by atoms with Crippen LogP contribution in [0.3, 0.4) is 0 Å². The molecule has 0 spiro atoms. The van der Waals surface area contributed by atoms with Gasteiger partial charge in [-0.05, 0) is 24.6 Å². The zero-order chi connectivity index (χ0) is 11.1. The molecule has 3 heteroatoms. The Labute approximate surface area is 98.2 Å². The molecule has 2 atom stereocenters. The summed E-state index contributed by atoms with van der Waals surface area (Å²) in [6.45, 7) is 4.20. The van der Waals surface area contributed by atoms with Crippen molar-refractivity contribution >= 4 is 21.8 Å². The monoisotopic (exact) mass is 267 g/mol. The summed E-state index contributed by atoms with van der Waals surface area (Å²) in [5, 5.41) is 2.97. The van der Waals surface area contributed by atoms with Gasteiger partial charge in [0.05, 0.1) is 0 Å². The lowest BCUT2D eigenvalue weighted by Crippen LogP contribution is -2.35. The van der Waals surface area contributed by atoms with Gasteiger partial charge in [-0.25, -0.2) is 0 Å². The minimum absolute atomic E-state index is 0.0825. The van der Waals surface area contributed by atoms with Crippen molar-refractivity contribution in [1.82, 2.24) is 5.32 Å². The van der Waals surface area contributed by atoms with Gasteiger partial charge in [0.2, 0.25) is 5.91 Å². The van der Waals surface area contributed by atoms with E-state index in [1.54, 1.807) is 0 Å². The molecule has 1 heterocycles. The number of nitrogens with one attached hydrogen (secondary N) is 1. The lowest BCUT2D eigenvalue weighted by Gasteiger charge is -2.28. The minimum atomic E-state index is -0.0825. The van der Waals surface area contributed by atoms with Crippen molar-refractivity contribution < 1.29 is 4.79 Å². The summed E-state index contributed by atoms with van der Waals surface area (Å²) < 4.78 is 1.06. The van der Waals surface area contributed by atoms with Crippen molar-refractivity contribution in [3.8, 4) is 0 Å². The molecular formula is C12H14BrNO. The number of hydrogen-bond acceptors (Lipinski definition) is 1. The maximum absolute atomic E-state index is 11.4. The van der Waals surface area contributed by atoms with Gasteiger partial charge in [0.25, 0.3) is 0 Å². The van der Waals surface area contributed by atoms with E-state index in [2.05, 4.69) is 47.2 Å². The smallest absolute Gasteiger partial charge is 0.221 e. The second kappa shape index (κ2) is 3.63. The third-order valence-corrected chi connectivity index (χ3v) is 3.84. The van der Waals surface area contributed by atoms with Crippen LogP contribution in [0.15, 0.2) is 28.7 Å². The van der Waals surface area contributed by atoms with E-state index in [0.717, 1.165) is 4.47 Å². The summed E-state index contributed by atoms with van der Waals surface area (Å²) in [5.74, 6) is 0.143. The number of carbonyl (C=O) groups is 1. The molecule has 1 fully saturated rings. The van der Waals surface area contributed by atoms with E-state index in [9.17, 15) is 4.79 Å². The summed E-state index contributed by atoms with van der Waals surface area (Å²) in [4.78, 5) is 11.4. The van der Waals surface area contributed by atoms with Crippen LogP contribution in [0.5, 0.6) is 0 Å². The lowest BCUT2D eigenvalue weighted by molar-refractivity contribution is -0.119. The van der Waals surface area contributed by atoms with E-state index >= 15 is 0 Å². The van der Waals surface area contributed by atoms with Gasteiger partial charge in [0.15, 0.2) is 0 Å². The highest BCUT2D eigenvalue weighted by Crippen LogP contribution is 2.36. The molecule has 0 aromatic heterocycles. The molecule has 1 aromatic carbocycles. The van der Waals surface area contributed by atoms with Gasteiger partial charge in [-0.15, -0.1) is 0 Å². The number of hydrogen-bond donors (Lipinski definition) is 1. The first kappa shape index (κ1) is 10.7. The van der Waals surface area contributed by atoms with Crippen LogP contribution in [0.1, 0.15) is 25.8 Å². The van der Waals surface area contributed by atoms with Gasteiger partial charge >= 0.3 is 0 Å². The Morgan fingerprint density at radius 3 is 2.80 bits per heavy atom. The van der Waals surface area contributed by atoms with Crippen LogP contribution < -0.4 is 5.32 Å². The summed E-state index contributed by atoms with van der Waals surface area (Å²) in [6, 6.07) is 8.39. The Balaban J connectivity index is 2.41. The maximum atomic E-state index is 11.4. The molecule has 1 aliphatic rings. The number of halogens is 1. The van der Waals surface area contributed by atoms with Crippen molar-refractivity contribution in [3.05, 3.63) is 34.3 Å². The van der Waals surface area contributed by atoms with Gasteiger partial charge in [-0.1, -0.05) is 35.0 Å². The zero-order valence-corrected chi connectivity index (χ0v) is 10.5. The van der Waals surface area contributed by atoms with Crippen molar-refractivity contribution in [3.63, 3.8) is 0 Å². The molecule has 0 saturated carbocycles. The van der Waals surface area contributed by atoms with E-state index in [1.165, 1.54) is 5.56 Å². The largest absolute Gasteiger partial charge is 0.353 e. The van der Waals surface area contributed by atoms with E-state index < -0.39 is 0 Å². The predicted molar refractivity (Wildman–Crippen MR) is 63.7 cm³/mol. The molecule has 1 aromatic rings. The summed E-state index contributed by atoms with van der Waals surface area (Å²) in [5.41, 5.74) is 1.13. The topological polar surface area (TPSA) is 29.1 Å². The predicted octanol–water partition coefficient (Wildman–Crippen LogP) is 2.62. The Bertz CT molecular complexity index is 404. The first-order valence-corrected chi connectivity index (χ1v) is 5.87. The van der Waals surface area contributed by atoms with Gasteiger partial charge < -0.3 is 5.32 Å². The molecule has 80 valence electrons. The number of rotatable bonds is 1. The molecule has 0 aliphatic carbocycles. The summed E-state index contributed by atoms with van der Waals surface area (Å²) >= 11 is 3.46. The molecule has 2 nitrogen and oxygen atoms in total. The van der Waals surface area contributed by atoms with Crippen molar-refractivity contribution in [2.24, 2.45) is 0 Å². The van der Waals surface area contributed by atoms with Crippen LogP contribution in [0.25, 0.3) is 0 Å². The highest BCUT2D eigenvalue weighted by Gasteiger charge is 2.41. The van der Waals surface area contributed by atoms with Crippen LogP contribution in [-0.4, -0.2) is 11.9 Å². The second-order valence-electron chi connectivity index (χ2n) is 4.39. The molecule has 2 unspecified atom stereocenters. The second-order valence-corrected chi connectivity index (χ2v) is 5.31. The molecule has 1 N–H and O–H groups in total. The van der Waals surface area contributed by atoms with E-state index in [1.807, 2.05) is 12.1 Å². The van der Waals surface area contributed by atoms with Gasteiger partial charge in [-0.3, -0.25) is 4.79 Å². The van der Waals surface area contributed by atoms with Crippen LogP contribution >= 0.6 is 15.9 Å². The molecule has 0 bridgehead atoms. The van der Waals surface area contributed by atoms with E-state index in [-0.39, 0.29) is 17.4 Å². The molecule has 0 radical (unpaired) electrons. The third kappa shape index (κ3) is 1.81. The highest BCUT2D eigenvalue weighted by molar-refractivity contribution is 9.10.